The van der Waals surface area contributed by atoms with Gasteiger partial charge in [-0.15, -0.1) is 0 Å². The van der Waals surface area contributed by atoms with Gasteiger partial charge in [-0.3, -0.25) is 14.5 Å². The Balaban J connectivity index is 2.69. The number of amides is 2. The number of esters is 1. The molecule has 0 saturated carbocycles. The molecule has 5 heteroatoms. The van der Waals surface area contributed by atoms with Gasteiger partial charge in [0.05, 0.1) is 6.61 Å². The molecule has 0 aromatic carbocycles. The molecular weight excluding hydrogens is 234 g/mol. The molecule has 5 nitrogen and oxygen atoms in total. The Bertz CT molecular complexity index is 374. The summed E-state index contributed by atoms with van der Waals surface area (Å²) in [6, 6.07) is -0.831. The van der Waals surface area contributed by atoms with Gasteiger partial charge in [-0.2, -0.15) is 0 Å². The molecule has 0 aromatic rings. The van der Waals surface area contributed by atoms with Crippen LogP contribution in [0.3, 0.4) is 0 Å². The topological polar surface area (TPSA) is 63.7 Å². The summed E-state index contributed by atoms with van der Waals surface area (Å²) in [5.74, 6) is -1.45. The van der Waals surface area contributed by atoms with E-state index < -0.39 is 23.8 Å². The summed E-state index contributed by atoms with van der Waals surface area (Å²) >= 11 is 0. The third-order valence-corrected chi connectivity index (χ3v) is 2.46. The maximum atomic E-state index is 11.9. The van der Waals surface area contributed by atoms with E-state index in [1.165, 1.54) is 12.2 Å². The smallest absolute Gasteiger partial charge is 0.329 e. The van der Waals surface area contributed by atoms with E-state index in [1.54, 1.807) is 6.92 Å². The molecule has 1 atom stereocenters. The first-order valence-corrected chi connectivity index (χ1v) is 5.98. The highest BCUT2D eigenvalue weighted by atomic mass is 16.5. The Labute approximate surface area is 107 Å². The van der Waals surface area contributed by atoms with Crippen molar-refractivity contribution >= 4 is 17.8 Å². The van der Waals surface area contributed by atoms with Crippen molar-refractivity contribution in [3.63, 3.8) is 0 Å². The monoisotopic (exact) mass is 253 g/mol. The average Bonchev–Trinajstić information content (AvgIpc) is 2.58. The van der Waals surface area contributed by atoms with Crippen molar-refractivity contribution in [1.29, 1.82) is 0 Å². The number of imide groups is 1. The largest absolute Gasteiger partial charge is 0.464 e. The Morgan fingerprint density at radius 2 is 1.78 bits per heavy atom. The zero-order chi connectivity index (χ0) is 13.9. The molecule has 0 fully saturated rings. The fourth-order valence-corrected chi connectivity index (χ4v) is 1.56. The number of hydrogen-bond donors (Lipinski definition) is 0. The summed E-state index contributed by atoms with van der Waals surface area (Å²) in [5.41, 5.74) is -0.148. The molecule has 0 bridgehead atoms. The normalized spacial score (nSPS) is 17.2. The predicted octanol–water partition coefficient (Wildman–Crippen LogP) is 1.28. The van der Waals surface area contributed by atoms with E-state index in [-0.39, 0.29) is 12.0 Å². The van der Waals surface area contributed by atoms with E-state index in [1.807, 2.05) is 20.8 Å². The number of rotatable bonds is 4. The van der Waals surface area contributed by atoms with Gasteiger partial charge in [-0.05, 0) is 11.8 Å². The first-order chi connectivity index (χ1) is 8.26. The van der Waals surface area contributed by atoms with Gasteiger partial charge in [0.1, 0.15) is 6.04 Å². The van der Waals surface area contributed by atoms with Gasteiger partial charge in [-0.25, -0.2) is 4.79 Å². The van der Waals surface area contributed by atoms with Crippen molar-refractivity contribution in [2.45, 2.75) is 40.2 Å². The van der Waals surface area contributed by atoms with Crippen LogP contribution in [0.25, 0.3) is 0 Å². The van der Waals surface area contributed by atoms with E-state index in [2.05, 4.69) is 0 Å². The van der Waals surface area contributed by atoms with Gasteiger partial charge in [-0.1, -0.05) is 27.7 Å². The molecule has 0 aliphatic carbocycles. The predicted molar refractivity (Wildman–Crippen MR) is 65.5 cm³/mol. The lowest BCUT2D eigenvalue weighted by atomic mass is 9.99. The third-order valence-electron chi connectivity index (χ3n) is 2.46. The van der Waals surface area contributed by atoms with Crippen LogP contribution in [-0.4, -0.2) is 35.3 Å². The molecule has 1 aliphatic heterocycles. The standard InChI is InChI=1S/C13H19NO4/c1-5-9(12(17)18-8-13(2,3)4)14-10(15)6-7-11(14)16/h6-7,9H,5,8H2,1-4H3. The van der Waals surface area contributed by atoms with Crippen LogP contribution >= 0.6 is 0 Å². The van der Waals surface area contributed by atoms with Crippen LogP contribution in [0.4, 0.5) is 0 Å². The molecule has 1 aliphatic rings. The molecule has 0 spiro atoms. The Morgan fingerprint density at radius 3 is 2.17 bits per heavy atom. The molecule has 0 saturated heterocycles. The fraction of sp³-hybridized carbons (Fsp3) is 0.615. The summed E-state index contributed by atoms with van der Waals surface area (Å²) in [6.07, 6.45) is 2.69. The highest BCUT2D eigenvalue weighted by molar-refractivity contribution is 6.14. The molecule has 1 rings (SSSR count). The van der Waals surface area contributed by atoms with Gasteiger partial charge in [0, 0.05) is 12.2 Å². The zero-order valence-electron chi connectivity index (χ0n) is 11.2. The molecule has 0 aromatic heterocycles. The van der Waals surface area contributed by atoms with Crippen LogP contribution in [0, 0.1) is 5.41 Å². The highest BCUT2D eigenvalue weighted by Crippen LogP contribution is 2.17. The average molecular weight is 253 g/mol. The van der Waals surface area contributed by atoms with Crippen molar-refractivity contribution in [3.05, 3.63) is 12.2 Å². The molecular formula is C13H19NO4. The maximum absolute atomic E-state index is 11.9. The Morgan fingerprint density at radius 1 is 1.28 bits per heavy atom. The molecule has 18 heavy (non-hydrogen) atoms. The molecule has 2 amide bonds. The quantitative estimate of drug-likeness (QED) is 0.559. The summed E-state index contributed by atoms with van der Waals surface area (Å²) in [7, 11) is 0. The lowest BCUT2D eigenvalue weighted by Gasteiger charge is -2.25. The molecule has 0 N–H and O–H groups in total. The number of carbonyl (C=O) groups excluding carboxylic acids is 3. The maximum Gasteiger partial charge on any atom is 0.329 e. The van der Waals surface area contributed by atoms with E-state index in [4.69, 9.17) is 4.74 Å². The van der Waals surface area contributed by atoms with Crippen molar-refractivity contribution in [1.82, 2.24) is 4.90 Å². The second-order valence-corrected chi connectivity index (χ2v) is 5.47. The van der Waals surface area contributed by atoms with E-state index >= 15 is 0 Å². The van der Waals surface area contributed by atoms with Crippen LogP contribution in [-0.2, 0) is 19.1 Å². The lowest BCUT2D eigenvalue weighted by Crippen LogP contribution is -2.45. The summed E-state index contributed by atoms with van der Waals surface area (Å²) < 4.78 is 5.16. The molecule has 1 heterocycles. The first kappa shape index (κ1) is 14.4. The van der Waals surface area contributed by atoms with Crippen LogP contribution in [0.5, 0.6) is 0 Å². The second-order valence-electron chi connectivity index (χ2n) is 5.47. The van der Waals surface area contributed by atoms with Gasteiger partial charge in [0.25, 0.3) is 11.8 Å². The number of carbonyl (C=O) groups is 3. The summed E-state index contributed by atoms with van der Waals surface area (Å²) in [5, 5.41) is 0. The second kappa shape index (κ2) is 5.33. The SMILES string of the molecule is CCC(C(=O)OCC(C)(C)C)N1C(=O)C=CC1=O. The first-order valence-electron chi connectivity index (χ1n) is 5.98. The molecule has 1 unspecified atom stereocenters. The Hall–Kier alpha value is -1.65. The number of ether oxygens (including phenoxy) is 1. The van der Waals surface area contributed by atoms with Crippen molar-refractivity contribution in [3.8, 4) is 0 Å². The number of nitrogens with zero attached hydrogens (tertiary/aromatic N) is 1. The van der Waals surface area contributed by atoms with Gasteiger partial charge in [0.15, 0.2) is 0 Å². The Kier molecular flexibility index (Phi) is 4.27. The minimum atomic E-state index is -0.831. The summed E-state index contributed by atoms with van der Waals surface area (Å²) in [4.78, 5) is 35.9. The van der Waals surface area contributed by atoms with E-state index in [9.17, 15) is 14.4 Å². The minimum absolute atomic E-state index is 0.148. The molecule has 100 valence electrons. The van der Waals surface area contributed by atoms with Crippen LogP contribution in [0.2, 0.25) is 0 Å². The van der Waals surface area contributed by atoms with Crippen molar-refractivity contribution in [2.75, 3.05) is 6.61 Å². The fourth-order valence-electron chi connectivity index (χ4n) is 1.56. The zero-order valence-corrected chi connectivity index (χ0v) is 11.2. The van der Waals surface area contributed by atoms with Crippen LogP contribution < -0.4 is 0 Å². The van der Waals surface area contributed by atoms with Gasteiger partial charge < -0.3 is 4.74 Å². The number of hydrogen-bond acceptors (Lipinski definition) is 4. The third kappa shape index (κ3) is 3.42. The van der Waals surface area contributed by atoms with Crippen molar-refractivity contribution < 1.29 is 19.1 Å². The van der Waals surface area contributed by atoms with Crippen LogP contribution in [0.1, 0.15) is 34.1 Å². The van der Waals surface area contributed by atoms with Crippen molar-refractivity contribution in [2.24, 2.45) is 5.41 Å². The molecule has 0 radical (unpaired) electrons. The van der Waals surface area contributed by atoms with Gasteiger partial charge >= 0.3 is 5.97 Å². The highest BCUT2D eigenvalue weighted by Gasteiger charge is 2.35. The lowest BCUT2D eigenvalue weighted by molar-refractivity contribution is -0.159. The van der Waals surface area contributed by atoms with E-state index in [0.717, 1.165) is 4.90 Å². The van der Waals surface area contributed by atoms with Crippen LogP contribution in [0.15, 0.2) is 12.2 Å². The minimum Gasteiger partial charge on any atom is -0.464 e. The summed E-state index contributed by atoms with van der Waals surface area (Å²) in [6.45, 7) is 7.81. The van der Waals surface area contributed by atoms with E-state index in [0.29, 0.717) is 6.42 Å². The van der Waals surface area contributed by atoms with Gasteiger partial charge in [0.2, 0.25) is 0 Å².